The van der Waals surface area contributed by atoms with E-state index in [2.05, 4.69) is 0 Å². The predicted octanol–water partition coefficient (Wildman–Crippen LogP) is 2.25. The molecule has 0 aliphatic carbocycles. The molecule has 1 heterocycles. The molecular formula is C10H11ClFNO2S. The standard InChI is InChI=1S/C10H11ClFNO2S/c11-7-2-1-6-8(9(7)16-12)15-4-3-10(6,13)5-14/h1-2,14H,3-5,13H2. The minimum Gasteiger partial charge on any atom is -0.492 e. The van der Waals surface area contributed by atoms with E-state index in [-0.39, 0.29) is 28.7 Å². The minimum absolute atomic E-state index is 0.0271. The van der Waals surface area contributed by atoms with Gasteiger partial charge in [-0.05, 0) is 6.07 Å². The summed E-state index contributed by atoms with van der Waals surface area (Å²) in [5.41, 5.74) is 5.77. The number of nitrogens with two attached hydrogens (primary N) is 1. The van der Waals surface area contributed by atoms with Crippen LogP contribution in [-0.4, -0.2) is 18.3 Å². The molecule has 16 heavy (non-hydrogen) atoms. The molecule has 88 valence electrons. The number of ether oxygens (including phenoxy) is 1. The second-order valence-electron chi connectivity index (χ2n) is 3.74. The third kappa shape index (κ3) is 1.78. The maximum atomic E-state index is 12.8. The van der Waals surface area contributed by atoms with Crippen molar-refractivity contribution in [1.82, 2.24) is 0 Å². The highest BCUT2D eigenvalue weighted by atomic mass is 35.5. The first-order valence-corrected chi connectivity index (χ1v) is 5.86. The maximum absolute atomic E-state index is 12.8. The molecule has 1 aliphatic rings. The first-order chi connectivity index (χ1) is 7.62. The second-order valence-corrected chi connectivity index (χ2v) is 4.71. The summed E-state index contributed by atoms with van der Waals surface area (Å²) < 4.78 is 18.2. The Labute approximate surface area is 102 Å². The molecule has 1 aliphatic heterocycles. The quantitative estimate of drug-likeness (QED) is 0.859. The molecule has 1 aromatic rings. The zero-order chi connectivity index (χ0) is 11.8. The van der Waals surface area contributed by atoms with Gasteiger partial charge >= 0.3 is 0 Å². The van der Waals surface area contributed by atoms with Crippen LogP contribution in [0, 0.1) is 0 Å². The van der Waals surface area contributed by atoms with Crippen LogP contribution in [0.3, 0.4) is 0 Å². The number of halogens is 2. The molecule has 6 heteroatoms. The van der Waals surface area contributed by atoms with E-state index in [0.717, 1.165) is 0 Å². The molecule has 0 amide bonds. The van der Waals surface area contributed by atoms with Crippen molar-refractivity contribution in [1.29, 1.82) is 0 Å². The van der Waals surface area contributed by atoms with Gasteiger partial charge < -0.3 is 15.6 Å². The van der Waals surface area contributed by atoms with Crippen molar-refractivity contribution in [2.24, 2.45) is 5.73 Å². The summed E-state index contributed by atoms with van der Waals surface area (Å²) in [7, 11) is 0. The molecule has 1 unspecified atom stereocenters. The van der Waals surface area contributed by atoms with Crippen molar-refractivity contribution in [2.45, 2.75) is 16.9 Å². The van der Waals surface area contributed by atoms with Crippen molar-refractivity contribution in [2.75, 3.05) is 13.2 Å². The zero-order valence-electron chi connectivity index (χ0n) is 8.37. The summed E-state index contributed by atoms with van der Waals surface area (Å²) in [4.78, 5) is 0.224. The fourth-order valence-electron chi connectivity index (χ4n) is 1.78. The van der Waals surface area contributed by atoms with Crippen LogP contribution in [0.25, 0.3) is 0 Å². The number of rotatable bonds is 2. The molecule has 0 radical (unpaired) electrons. The van der Waals surface area contributed by atoms with Crippen molar-refractivity contribution < 1.29 is 13.7 Å². The average Bonchev–Trinajstić information content (AvgIpc) is 2.29. The van der Waals surface area contributed by atoms with Gasteiger partial charge in [-0.1, -0.05) is 17.7 Å². The summed E-state index contributed by atoms with van der Waals surface area (Å²) in [6.07, 6.45) is 0.495. The number of aliphatic hydroxyl groups is 1. The third-order valence-corrected chi connectivity index (χ3v) is 3.74. The van der Waals surface area contributed by atoms with Crippen LogP contribution < -0.4 is 10.5 Å². The molecule has 0 fully saturated rings. The average molecular weight is 264 g/mol. The molecule has 2 rings (SSSR count). The first kappa shape index (κ1) is 12.0. The Morgan fingerprint density at radius 2 is 2.38 bits per heavy atom. The number of hydrogen-bond acceptors (Lipinski definition) is 4. The van der Waals surface area contributed by atoms with E-state index in [0.29, 0.717) is 24.3 Å². The minimum atomic E-state index is -0.872. The van der Waals surface area contributed by atoms with Gasteiger partial charge in [0, 0.05) is 12.0 Å². The molecule has 0 aromatic heterocycles. The Morgan fingerprint density at radius 3 is 3.00 bits per heavy atom. The predicted molar refractivity (Wildman–Crippen MR) is 61.5 cm³/mol. The molecule has 1 aromatic carbocycles. The van der Waals surface area contributed by atoms with Gasteiger partial charge in [0.1, 0.15) is 10.6 Å². The Hall–Kier alpha value is -0.490. The van der Waals surface area contributed by atoms with Crippen LogP contribution >= 0.6 is 23.7 Å². The molecule has 3 nitrogen and oxygen atoms in total. The van der Waals surface area contributed by atoms with E-state index in [9.17, 15) is 8.99 Å². The Kier molecular flexibility index (Phi) is 3.30. The number of fused-ring (bicyclic) bond motifs is 1. The lowest BCUT2D eigenvalue weighted by Crippen LogP contribution is -2.44. The monoisotopic (exact) mass is 263 g/mol. The molecule has 1 atom stereocenters. The van der Waals surface area contributed by atoms with Crippen LogP contribution in [0.5, 0.6) is 5.75 Å². The van der Waals surface area contributed by atoms with Crippen molar-refractivity contribution in [3.63, 3.8) is 0 Å². The van der Waals surface area contributed by atoms with Crippen LogP contribution in [0.1, 0.15) is 12.0 Å². The third-order valence-electron chi connectivity index (χ3n) is 2.75. The van der Waals surface area contributed by atoms with Gasteiger partial charge in [-0.2, -0.15) is 3.89 Å². The van der Waals surface area contributed by atoms with Gasteiger partial charge in [-0.3, -0.25) is 0 Å². The highest BCUT2D eigenvalue weighted by Gasteiger charge is 2.35. The van der Waals surface area contributed by atoms with Crippen LogP contribution in [0.15, 0.2) is 17.0 Å². The molecule has 0 saturated heterocycles. The zero-order valence-corrected chi connectivity index (χ0v) is 9.95. The smallest absolute Gasteiger partial charge is 0.142 e. The summed E-state index contributed by atoms with van der Waals surface area (Å²) >= 11 is 5.88. The molecule has 0 spiro atoms. The SMILES string of the molecule is NC1(CO)CCOc2c1ccc(Cl)c2SF. The Balaban J connectivity index is 2.60. The van der Waals surface area contributed by atoms with E-state index in [1.165, 1.54) is 0 Å². The number of hydrogen-bond donors (Lipinski definition) is 2. The van der Waals surface area contributed by atoms with E-state index < -0.39 is 5.54 Å². The van der Waals surface area contributed by atoms with E-state index in [4.69, 9.17) is 22.1 Å². The van der Waals surface area contributed by atoms with Gasteiger partial charge in [-0.15, -0.1) is 0 Å². The Bertz CT molecular complexity index is 418. The van der Waals surface area contributed by atoms with Crippen molar-refractivity contribution >= 4 is 23.7 Å². The van der Waals surface area contributed by atoms with Crippen LogP contribution in [-0.2, 0) is 5.54 Å². The summed E-state index contributed by atoms with van der Waals surface area (Å²) in [6.45, 7) is 0.138. The fourth-order valence-corrected chi connectivity index (χ4v) is 2.40. The lowest BCUT2D eigenvalue weighted by molar-refractivity contribution is 0.136. The topological polar surface area (TPSA) is 55.5 Å². The summed E-state index contributed by atoms with van der Waals surface area (Å²) in [6, 6.07) is 3.24. The Morgan fingerprint density at radius 1 is 1.62 bits per heavy atom. The van der Waals surface area contributed by atoms with Gasteiger partial charge in [0.05, 0.1) is 35.9 Å². The maximum Gasteiger partial charge on any atom is 0.142 e. The number of benzene rings is 1. The normalized spacial score (nSPS) is 23.8. The molecule has 0 saturated carbocycles. The molecule has 3 N–H and O–H groups in total. The van der Waals surface area contributed by atoms with Crippen molar-refractivity contribution in [3.05, 3.63) is 22.7 Å². The first-order valence-electron chi connectivity index (χ1n) is 4.76. The second kappa shape index (κ2) is 4.41. The van der Waals surface area contributed by atoms with Gasteiger partial charge in [-0.25, -0.2) is 0 Å². The summed E-state index contributed by atoms with van der Waals surface area (Å²) in [5, 5.41) is 9.60. The van der Waals surface area contributed by atoms with Gasteiger partial charge in [0.25, 0.3) is 0 Å². The molecule has 0 bridgehead atoms. The largest absolute Gasteiger partial charge is 0.492 e. The lowest BCUT2D eigenvalue weighted by Gasteiger charge is -2.34. The van der Waals surface area contributed by atoms with Crippen LogP contribution in [0.2, 0.25) is 5.02 Å². The highest BCUT2D eigenvalue weighted by Crippen LogP contribution is 2.45. The lowest BCUT2D eigenvalue weighted by atomic mass is 9.86. The van der Waals surface area contributed by atoms with Crippen LogP contribution in [0.4, 0.5) is 3.89 Å². The van der Waals surface area contributed by atoms with E-state index in [1.54, 1.807) is 12.1 Å². The fraction of sp³-hybridized carbons (Fsp3) is 0.400. The molecular weight excluding hydrogens is 253 g/mol. The highest BCUT2D eigenvalue weighted by molar-refractivity contribution is 7.94. The summed E-state index contributed by atoms with van der Waals surface area (Å²) in [5.74, 6) is 0.350. The van der Waals surface area contributed by atoms with E-state index in [1.807, 2.05) is 0 Å². The van der Waals surface area contributed by atoms with Gasteiger partial charge in [0.15, 0.2) is 0 Å². The number of aliphatic hydroxyl groups excluding tert-OH is 1. The van der Waals surface area contributed by atoms with Crippen molar-refractivity contribution in [3.8, 4) is 5.75 Å². The van der Waals surface area contributed by atoms with E-state index >= 15 is 0 Å². The van der Waals surface area contributed by atoms with Gasteiger partial charge in [0.2, 0.25) is 0 Å².